The van der Waals surface area contributed by atoms with Gasteiger partial charge in [-0.2, -0.15) is 0 Å². The van der Waals surface area contributed by atoms with Gasteiger partial charge in [-0.05, 0) is 56.2 Å². The molecule has 0 radical (unpaired) electrons. The topological polar surface area (TPSA) is 90.8 Å². The largest absolute Gasteiger partial charge is 0.508 e. The summed E-state index contributed by atoms with van der Waals surface area (Å²) in [4.78, 5) is 4.19. The molecule has 6 nitrogen and oxygen atoms in total. The third-order valence-corrected chi connectivity index (χ3v) is 5.56. The fourth-order valence-electron chi connectivity index (χ4n) is 3.15. The number of phenols is 1. The van der Waals surface area contributed by atoms with E-state index in [-0.39, 0.29) is 11.8 Å². The average Bonchev–Trinajstić information content (AvgIpc) is 2.57. The van der Waals surface area contributed by atoms with Gasteiger partial charge in [0, 0.05) is 31.5 Å². The first kappa shape index (κ1) is 19.6. The molecule has 0 spiro atoms. The van der Waals surface area contributed by atoms with Gasteiger partial charge < -0.3 is 15.7 Å². The third kappa shape index (κ3) is 5.92. The Labute approximate surface area is 150 Å². The van der Waals surface area contributed by atoms with Crippen LogP contribution in [0.15, 0.2) is 17.1 Å². The normalized spacial score (nSPS) is 16.2. The molecule has 1 aromatic rings. The number of guanidine groups is 1. The lowest BCUT2D eigenvalue weighted by Gasteiger charge is -2.22. The second-order valence-corrected chi connectivity index (χ2v) is 9.06. The standard InChI is InChI=1S/C18H29N3O3S/c1-13(10-11-25(3,23)24)21-18(19-2)20-12-16-15-7-5-4-6-14(15)8-9-17(16)22/h8-9,13,22H,4-7,10-12H2,1-3H3,(H2,19,20,21). The van der Waals surface area contributed by atoms with Crippen LogP contribution in [0.25, 0.3) is 0 Å². The van der Waals surface area contributed by atoms with Crippen molar-refractivity contribution in [2.75, 3.05) is 19.1 Å². The highest BCUT2D eigenvalue weighted by Gasteiger charge is 2.17. The minimum Gasteiger partial charge on any atom is -0.508 e. The minimum atomic E-state index is -2.97. The lowest BCUT2D eigenvalue weighted by molar-refractivity contribution is 0.463. The van der Waals surface area contributed by atoms with Crippen LogP contribution < -0.4 is 10.6 Å². The Bertz CT molecular complexity index is 729. The molecular weight excluding hydrogens is 338 g/mol. The molecule has 1 aliphatic carbocycles. The van der Waals surface area contributed by atoms with E-state index in [2.05, 4.69) is 15.6 Å². The van der Waals surface area contributed by atoms with Crippen LogP contribution in [-0.2, 0) is 29.2 Å². The van der Waals surface area contributed by atoms with Crippen molar-refractivity contribution in [2.45, 2.75) is 51.6 Å². The first-order valence-electron chi connectivity index (χ1n) is 8.77. The number of rotatable bonds is 6. The number of nitrogens with one attached hydrogen (secondary N) is 2. The van der Waals surface area contributed by atoms with Crippen LogP contribution in [0.5, 0.6) is 5.75 Å². The first-order valence-corrected chi connectivity index (χ1v) is 10.8. The Hall–Kier alpha value is -1.76. The first-order chi connectivity index (χ1) is 11.8. The van der Waals surface area contributed by atoms with Crippen molar-refractivity contribution in [1.82, 2.24) is 10.6 Å². The van der Waals surface area contributed by atoms with Gasteiger partial charge in [-0.15, -0.1) is 0 Å². The number of benzene rings is 1. The highest BCUT2D eigenvalue weighted by atomic mass is 32.2. The van der Waals surface area contributed by atoms with E-state index in [4.69, 9.17) is 0 Å². The van der Waals surface area contributed by atoms with E-state index in [0.717, 1.165) is 24.8 Å². The van der Waals surface area contributed by atoms with Crippen LogP contribution in [0, 0.1) is 0 Å². The number of hydrogen-bond donors (Lipinski definition) is 3. The molecule has 7 heteroatoms. The number of sulfone groups is 1. The summed E-state index contributed by atoms with van der Waals surface area (Å²) in [5.74, 6) is 1.06. The number of aliphatic imine (C=N–C) groups is 1. The second kappa shape index (κ2) is 8.56. The molecule has 0 saturated heterocycles. The van der Waals surface area contributed by atoms with Crippen LogP contribution in [0.3, 0.4) is 0 Å². The van der Waals surface area contributed by atoms with E-state index in [1.54, 1.807) is 13.1 Å². The number of nitrogens with zero attached hydrogens (tertiary/aromatic N) is 1. The zero-order valence-electron chi connectivity index (χ0n) is 15.3. The highest BCUT2D eigenvalue weighted by molar-refractivity contribution is 7.90. The molecule has 0 aromatic heterocycles. The molecule has 0 heterocycles. The molecule has 0 fully saturated rings. The van der Waals surface area contributed by atoms with Crippen molar-refractivity contribution in [1.29, 1.82) is 0 Å². The van der Waals surface area contributed by atoms with E-state index in [1.807, 2.05) is 13.0 Å². The van der Waals surface area contributed by atoms with Gasteiger partial charge in [0.25, 0.3) is 0 Å². The highest BCUT2D eigenvalue weighted by Crippen LogP contribution is 2.30. The number of aryl methyl sites for hydroxylation is 1. The van der Waals surface area contributed by atoms with Gasteiger partial charge in [-0.25, -0.2) is 8.42 Å². The Morgan fingerprint density at radius 2 is 2.04 bits per heavy atom. The average molecular weight is 368 g/mol. The van der Waals surface area contributed by atoms with E-state index in [0.29, 0.717) is 24.7 Å². The predicted molar refractivity (Wildman–Crippen MR) is 102 cm³/mol. The summed E-state index contributed by atoms with van der Waals surface area (Å²) < 4.78 is 22.5. The Kier molecular flexibility index (Phi) is 6.70. The summed E-state index contributed by atoms with van der Waals surface area (Å²) in [7, 11) is -1.29. The van der Waals surface area contributed by atoms with Crippen LogP contribution in [0.1, 0.15) is 42.9 Å². The van der Waals surface area contributed by atoms with Crippen LogP contribution >= 0.6 is 0 Å². The summed E-state index contributed by atoms with van der Waals surface area (Å²) in [6, 6.07) is 3.78. The second-order valence-electron chi connectivity index (χ2n) is 6.80. The van der Waals surface area contributed by atoms with Crippen LogP contribution in [0.2, 0.25) is 0 Å². The molecule has 0 aliphatic heterocycles. The van der Waals surface area contributed by atoms with Crippen molar-refractivity contribution in [3.63, 3.8) is 0 Å². The van der Waals surface area contributed by atoms with Crippen molar-refractivity contribution < 1.29 is 13.5 Å². The SMILES string of the molecule is CN=C(NCc1c(O)ccc2c1CCCC2)NC(C)CCS(C)(=O)=O. The molecule has 1 aliphatic rings. The van der Waals surface area contributed by atoms with Crippen molar-refractivity contribution >= 4 is 15.8 Å². The number of aromatic hydroxyl groups is 1. The number of phenolic OH excluding ortho intramolecular Hbond substituents is 1. The maximum Gasteiger partial charge on any atom is 0.191 e. The van der Waals surface area contributed by atoms with Crippen molar-refractivity contribution in [2.24, 2.45) is 4.99 Å². The minimum absolute atomic E-state index is 0.0146. The maximum atomic E-state index is 11.3. The summed E-state index contributed by atoms with van der Waals surface area (Å²) in [5.41, 5.74) is 3.51. The Morgan fingerprint density at radius 3 is 2.72 bits per heavy atom. The van der Waals surface area contributed by atoms with Crippen LogP contribution in [-0.4, -0.2) is 44.6 Å². The van der Waals surface area contributed by atoms with Gasteiger partial charge in [-0.3, -0.25) is 4.99 Å². The fraction of sp³-hybridized carbons (Fsp3) is 0.611. The number of hydrogen-bond acceptors (Lipinski definition) is 4. The smallest absolute Gasteiger partial charge is 0.191 e. The van der Waals surface area contributed by atoms with Crippen molar-refractivity contribution in [3.8, 4) is 5.75 Å². The maximum absolute atomic E-state index is 11.3. The van der Waals surface area contributed by atoms with E-state index < -0.39 is 9.84 Å². The molecule has 25 heavy (non-hydrogen) atoms. The van der Waals surface area contributed by atoms with E-state index in [1.165, 1.54) is 23.8 Å². The Balaban J connectivity index is 1.97. The predicted octanol–water partition coefficient (Wildman–Crippen LogP) is 1.76. The molecule has 140 valence electrons. The molecule has 1 unspecified atom stereocenters. The summed E-state index contributed by atoms with van der Waals surface area (Å²) in [6.45, 7) is 2.42. The molecule has 0 bridgehead atoms. The van der Waals surface area contributed by atoms with Gasteiger partial charge >= 0.3 is 0 Å². The molecule has 1 aromatic carbocycles. The van der Waals surface area contributed by atoms with Crippen molar-refractivity contribution in [3.05, 3.63) is 28.8 Å². The van der Waals surface area contributed by atoms with Gasteiger partial charge in [0.2, 0.25) is 0 Å². The molecule has 1 atom stereocenters. The molecule has 2 rings (SSSR count). The van der Waals surface area contributed by atoms with Gasteiger partial charge in [0.1, 0.15) is 15.6 Å². The summed E-state index contributed by atoms with van der Waals surface area (Å²) in [6.07, 6.45) is 6.18. The molecule has 0 amide bonds. The monoisotopic (exact) mass is 367 g/mol. The van der Waals surface area contributed by atoms with Gasteiger partial charge in [-0.1, -0.05) is 6.07 Å². The zero-order valence-corrected chi connectivity index (χ0v) is 16.1. The zero-order chi connectivity index (χ0) is 18.4. The Morgan fingerprint density at radius 1 is 1.32 bits per heavy atom. The van der Waals surface area contributed by atoms with E-state index in [9.17, 15) is 13.5 Å². The summed E-state index contributed by atoms with van der Waals surface area (Å²) in [5, 5.41) is 16.7. The fourth-order valence-corrected chi connectivity index (χ4v) is 3.93. The van der Waals surface area contributed by atoms with Crippen LogP contribution in [0.4, 0.5) is 0 Å². The molecular formula is C18H29N3O3S. The molecule has 3 N–H and O–H groups in total. The summed E-state index contributed by atoms with van der Waals surface area (Å²) >= 11 is 0. The number of fused-ring (bicyclic) bond motifs is 1. The van der Waals surface area contributed by atoms with Gasteiger partial charge in [0.15, 0.2) is 5.96 Å². The lowest BCUT2D eigenvalue weighted by Crippen LogP contribution is -2.42. The van der Waals surface area contributed by atoms with E-state index >= 15 is 0 Å². The third-order valence-electron chi connectivity index (χ3n) is 4.59. The quantitative estimate of drug-likeness (QED) is 0.526. The van der Waals surface area contributed by atoms with Gasteiger partial charge in [0.05, 0.1) is 5.75 Å². The lowest BCUT2D eigenvalue weighted by atomic mass is 9.88. The molecule has 0 saturated carbocycles.